The fourth-order valence-electron chi connectivity index (χ4n) is 2.50. The Morgan fingerprint density at radius 3 is 2.59 bits per heavy atom. The summed E-state index contributed by atoms with van der Waals surface area (Å²) in [5, 5.41) is 4.32. The van der Waals surface area contributed by atoms with Crippen LogP contribution in [0.5, 0.6) is 0 Å². The molecule has 0 unspecified atom stereocenters. The van der Waals surface area contributed by atoms with Crippen LogP contribution >= 0.6 is 0 Å². The minimum Gasteiger partial charge on any atom is -0.298 e. The van der Waals surface area contributed by atoms with Gasteiger partial charge in [0.05, 0.1) is 12.2 Å². The van der Waals surface area contributed by atoms with Crippen molar-refractivity contribution in [3.63, 3.8) is 0 Å². The van der Waals surface area contributed by atoms with Crippen molar-refractivity contribution in [3.8, 4) is 0 Å². The van der Waals surface area contributed by atoms with Gasteiger partial charge in [-0.2, -0.15) is 5.10 Å². The zero-order valence-corrected chi connectivity index (χ0v) is 11.2. The van der Waals surface area contributed by atoms with Gasteiger partial charge in [0.1, 0.15) is 6.17 Å². The summed E-state index contributed by atoms with van der Waals surface area (Å²) in [4.78, 5) is 2.20. The highest BCUT2D eigenvalue weighted by molar-refractivity contribution is 5.14. The van der Waals surface area contributed by atoms with Crippen LogP contribution in [0.1, 0.15) is 37.6 Å². The Bertz CT molecular complexity index is 386. The smallest absolute Gasteiger partial charge is 0.135 e. The average molecular weight is 239 g/mol. The number of alkyl halides is 1. The Balaban J connectivity index is 2.12. The van der Waals surface area contributed by atoms with E-state index in [9.17, 15) is 4.39 Å². The molecule has 0 N–H and O–H groups in total. The minimum atomic E-state index is -0.816. The summed E-state index contributed by atoms with van der Waals surface area (Å²) in [6.45, 7) is 9.77. The molecular weight excluding hydrogens is 217 g/mol. The van der Waals surface area contributed by atoms with E-state index in [0.29, 0.717) is 12.6 Å². The molecule has 3 nitrogen and oxygen atoms in total. The topological polar surface area (TPSA) is 21.1 Å². The highest BCUT2D eigenvalue weighted by Crippen LogP contribution is 2.27. The number of hydrogen-bond donors (Lipinski definition) is 0. The lowest BCUT2D eigenvalue weighted by Gasteiger charge is -2.37. The van der Waals surface area contributed by atoms with Crippen molar-refractivity contribution in [2.45, 2.75) is 52.4 Å². The van der Waals surface area contributed by atoms with E-state index >= 15 is 0 Å². The first-order valence-electron chi connectivity index (χ1n) is 6.39. The second kappa shape index (κ2) is 4.77. The first-order chi connectivity index (χ1) is 8.00. The lowest BCUT2D eigenvalue weighted by molar-refractivity contribution is 0.0643. The van der Waals surface area contributed by atoms with Crippen LogP contribution in [0.2, 0.25) is 0 Å². The molecular formula is C13H22FN3. The number of rotatable bonds is 2. The van der Waals surface area contributed by atoms with Gasteiger partial charge >= 0.3 is 0 Å². The maximum atomic E-state index is 14.2. The average Bonchev–Trinajstić information content (AvgIpc) is 2.60. The Labute approximate surface area is 103 Å². The van der Waals surface area contributed by atoms with Crippen molar-refractivity contribution < 1.29 is 4.39 Å². The van der Waals surface area contributed by atoms with E-state index < -0.39 is 6.17 Å². The molecule has 1 saturated heterocycles. The molecule has 1 aliphatic rings. The van der Waals surface area contributed by atoms with E-state index in [4.69, 9.17) is 0 Å². The fraction of sp³-hybridized carbons (Fsp3) is 0.769. The predicted molar refractivity (Wildman–Crippen MR) is 67.0 cm³/mol. The standard InChI is InChI=1S/C13H22FN3/c1-9(2)16-6-5-13(12(14)8-16)17-11(4)10(3)7-15-17/h7,9,12-13H,5-6,8H2,1-4H3/t12-,13-/m0/s1. The minimum absolute atomic E-state index is 0.0845. The Morgan fingerprint density at radius 1 is 1.41 bits per heavy atom. The largest absolute Gasteiger partial charge is 0.298 e. The second-order valence-electron chi connectivity index (χ2n) is 5.32. The van der Waals surface area contributed by atoms with Crippen LogP contribution in [0.4, 0.5) is 4.39 Å². The van der Waals surface area contributed by atoms with E-state index in [1.807, 2.05) is 24.7 Å². The second-order valence-corrected chi connectivity index (χ2v) is 5.32. The van der Waals surface area contributed by atoms with Crippen molar-refractivity contribution in [2.75, 3.05) is 13.1 Å². The lowest BCUT2D eigenvalue weighted by Crippen LogP contribution is -2.46. The third-order valence-electron chi connectivity index (χ3n) is 3.87. The third-order valence-corrected chi connectivity index (χ3v) is 3.87. The molecule has 0 bridgehead atoms. The third kappa shape index (κ3) is 2.37. The highest BCUT2D eigenvalue weighted by Gasteiger charge is 2.32. The number of nitrogens with zero attached hydrogens (tertiary/aromatic N) is 3. The monoisotopic (exact) mass is 239 g/mol. The van der Waals surface area contributed by atoms with Crippen LogP contribution in [-0.4, -0.2) is 40.0 Å². The summed E-state index contributed by atoms with van der Waals surface area (Å²) in [7, 11) is 0. The molecule has 2 rings (SSSR count). The molecule has 2 atom stereocenters. The van der Waals surface area contributed by atoms with E-state index in [-0.39, 0.29) is 6.04 Å². The molecule has 0 spiro atoms. The highest BCUT2D eigenvalue weighted by atomic mass is 19.1. The van der Waals surface area contributed by atoms with Crippen molar-refractivity contribution >= 4 is 0 Å². The Morgan fingerprint density at radius 2 is 2.12 bits per heavy atom. The van der Waals surface area contributed by atoms with Crippen molar-refractivity contribution in [1.82, 2.24) is 14.7 Å². The molecule has 0 saturated carbocycles. The molecule has 1 fully saturated rings. The van der Waals surface area contributed by atoms with Gasteiger partial charge in [0.25, 0.3) is 0 Å². The number of aryl methyl sites for hydroxylation is 1. The zero-order chi connectivity index (χ0) is 12.6. The predicted octanol–water partition coefficient (Wildman–Crippen LogP) is 2.49. The molecule has 0 aliphatic carbocycles. The summed E-state index contributed by atoms with van der Waals surface area (Å²) in [5.41, 5.74) is 2.24. The number of piperidine rings is 1. The zero-order valence-electron chi connectivity index (χ0n) is 11.2. The van der Waals surface area contributed by atoms with Crippen LogP contribution in [0, 0.1) is 13.8 Å². The van der Waals surface area contributed by atoms with Gasteiger partial charge in [-0.3, -0.25) is 9.58 Å². The van der Waals surface area contributed by atoms with Crippen molar-refractivity contribution in [1.29, 1.82) is 0 Å². The first kappa shape index (κ1) is 12.6. The number of halogens is 1. The summed E-state index contributed by atoms with van der Waals surface area (Å²) in [5.74, 6) is 0. The van der Waals surface area contributed by atoms with Gasteiger partial charge in [0.15, 0.2) is 0 Å². The van der Waals surface area contributed by atoms with Gasteiger partial charge in [0.2, 0.25) is 0 Å². The molecule has 1 aliphatic heterocycles. The Hall–Kier alpha value is -0.900. The number of aromatic nitrogens is 2. The summed E-state index contributed by atoms with van der Waals surface area (Å²) >= 11 is 0. The van der Waals surface area contributed by atoms with Crippen molar-refractivity contribution in [3.05, 3.63) is 17.5 Å². The van der Waals surface area contributed by atoms with Crippen LogP contribution in [-0.2, 0) is 0 Å². The maximum Gasteiger partial charge on any atom is 0.135 e. The van der Waals surface area contributed by atoms with Gasteiger partial charge in [-0.05, 0) is 39.7 Å². The van der Waals surface area contributed by atoms with Crippen LogP contribution < -0.4 is 0 Å². The molecule has 1 aromatic rings. The fourth-order valence-corrected chi connectivity index (χ4v) is 2.50. The normalized spacial score (nSPS) is 26.7. The SMILES string of the molecule is Cc1cnn([C@H]2CCN(C(C)C)C[C@@H]2F)c1C. The van der Waals surface area contributed by atoms with E-state index in [0.717, 1.165) is 24.2 Å². The molecule has 4 heteroatoms. The summed E-state index contributed by atoms with van der Waals surface area (Å²) in [6.07, 6.45) is 1.86. The summed E-state index contributed by atoms with van der Waals surface area (Å²) < 4.78 is 16.1. The van der Waals surface area contributed by atoms with Gasteiger partial charge in [-0.1, -0.05) is 0 Å². The maximum absolute atomic E-state index is 14.2. The molecule has 0 amide bonds. The van der Waals surface area contributed by atoms with Crippen molar-refractivity contribution in [2.24, 2.45) is 0 Å². The lowest BCUT2D eigenvalue weighted by atomic mass is 10.0. The molecule has 0 radical (unpaired) electrons. The number of likely N-dealkylation sites (tertiary alicyclic amines) is 1. The molecule has 2 heterocycles. The van der Waals surface area contributed by atoms with Gasteiger partial charge in [-0.15, -0.1) is 0 Å². The van der Waals surface area contributed by atoms with Crippen LogP contribution in [0.25, 0.3) is 0 Å². The quantitative estimate of drug-likeness (QED) is 0.790. The van der Waals surface area contributed by atoms with E-state index in [1.165, 1.54) is 0 Å². The Kier molecular flexibility index (Phi) is 3.52. The van der Waals surface area contributed by atoms with E-state index in [1.54, 1.807) is 0 Å². The van der Waals surface area contributed by atoms with Gasteiger partial charge in [-0.25, -0.2) is 4.39 Å². The molecule has 17 heavy (non-hydrogen) atoms. The van der Waals surface area contributed by atoms with Gasteiger partial charge in [0, 0.05) is 24.8 Å². The first-order valence-corrected chi connectivity index (χ1v) is 6.39. The number of hydrogen-bond acceptors (Lipinski definition) is 2. The van der Waals surface area contributed by atoms with E-state index in [2.05, 4.69) is 23.8 Å². The molecule has 96 valence electrons. The van der Waals surface area contributed by atoms with Crippen LogP contribution in [0.3, 0.4) is 0 Å². The molecule has 1 aromatic heterocycles. The van der Waals surface area contributed by atoms with Gasteiger partial charge < -0.3 is 0 Å². The summed E-state index contributed by atoms with van der Waals surface area (Å²) in [6, 6.07) is 0.341. The van der Waals surface area contributed by atoms with Crippen LogP contribution in [0.15, 0.2) is 6.20 Å². The molecule has 0 aromatic carbocycles.